The number of rotatable bonds is 3. The van der Waals surface area contributed by atoms with E-state index in [1.165, 1.54) is 0 Å². The van der Waals surface area contributed by atoms with Crippen molar-refractivity contribution < 1.29 is 9.32 Å². The van der Waals surface area contributed by atoms with E-state index < -0.39 is 0 Å². The first-order chi connectivity index (χ1) is 12.6. The summed E-state index contributed by atoms with van der Waals surface area (Å²) in [6.07, 6.45) is 2.04. The maximum absolute atomic E-state index is 12.5. The van der Waals surface area contributed by atoms with Crippen LogP contribution in [0.3, 0.4) is 0 Å². The number of fused-ring (bicyclic) bond motifs is 1. The second kappa shape index (κ2) is 6.12. The van der Waals surface area contributed by atoms with Gasteiger partial charge in [0.1, 0.15) is 5.76 Å². The molecule has 1 aliphatic heterocycles. The SMILES string of the molecule is Cc1noc(C)c1CN1C(=O)Cc2ncc(-c3cccc(C#N)c3)cc21. The van der Waals surface area contributed by atoms with Crippen LogP contribution in [0.1, 0.15) is 28.3 Å². The summed E-state index contributed by atoms with van der Waals surface area (Å²) in [6.45, 7) is 4.13. The molecule has 3 heterocycles. The van der Waals surface area contributed by atoms with Gasteiger partial charge in [-0.15, -0.1) is 0 Å². The van der Waals surface area contributed by atoms with Crippen LogP contribution in [0.15, 0.2) is 41.1 Å². The highest BCUT2D eigenvalue weighted by Crippen LogP contribution is 2.33. The molecule has 26 heavy (non-hydrogen) atoms. The number of aromatic nitrogens is 2. The maximum Gasteiger partial charge on any atom is 0.233 e. The number of amides is 1. The van der Waals surface area contributed by atoms with Crippen LogP contribution < -0.4 is 4.90 Å². The van der Waals surface area contributed by atoms with Crippen LogP contribution in [0.2, 0.25) is 0 Å². The van der Waals surface area contributed by atoms with E-state index in [1.54, 1.807) is 17.2 Å². The highest BCUT2D eigenvalue weighted by Gasteiger charge is 2.30. The number of hydrogen-bond acceptors (Lipinski definition) is 5. The van der Waals surface area contributed by atoms with Gasteiger partial charge in [0.05, 0.1) is 41.7 Å². The monoisotopic (exact) mass is 344 g/mol. The lowest BCUT2D eigenvalue weighted by molar-refractivity contribution is -0.117. The number of carbonyl (C=O) groups is 1. The fourth-order valence-electron chi connectivity index (χ4n) is 3.21. The van der Waals surface area contributed by atoms with Crippen LogP contribution in [-0.2, 0) is 17.8 Å². The van der Waals surface area contributed by atoms with Gasteiger partial charge in [-0.05, 0) is 37.6 Å². The van der Waals surface area contributed by atoms with Gasteiger partial charge in [-0.1, -0.05) is 17.3 Å². The number of carbonyl (C=O) groups excluding carboxylic acids is 1. The van der Waals surface area contributed by atoms with Gasteiger partial charge in [0.2, 0.25) is 5.91 Å². The molecule has 128 valence electrons. The van der Waals surface area contributed by atoms with E-state index in [4.69, 9.17) is 9.78 Å². The molecule has 1 aromatic carbocycles. The minimum atomic E-state index is 0.00965. The van der Waals surface area contributed by atoms with Gasteiger partial charge >= 0.3 is 0 Å². The second-order valence-electron chi connectivity index (χ2n) is 6.34. The van der Waals surface area contributed by atoms with Crippen LogP contribution in [0.4, 0.5) is 5.69 Å². The minimum Gasteiger partial charge on any atom is -0.361 e. The third-order valence-electron chi connectivity index (χ3n) is 4.68. The van der Waals surface area contributed by atoms with Gasteiger partial charge in [-0.25, -0.2) is 0 Å². The Morgan fingerprint density at radius 3 is 2.85 bits per heavy atom. The third kappa shape index (κ3) is 2.64. The van der Waals surface area contributed by atoms with Crippen molar-refractivity contribution in [2.45, 2.75) is 26.8 Å². The van der Waals surface area contributed by atoms with Crippen molar-refractivity contribution in [1.29, 1.82) is 5.26 Å². The molecule has 1 amide bonds. The summed E-state index contributed by atoms with van der Waals surface area (Å²) in [4.78, 5) is 18.7. The Morgan fingerprint density at radius 2 is 2.12 bits per heavy atom. The number of anilines is 1. The van der Waals surface area contributed by atoms with Crippen LogP contribution in [0.5, 0.6) is 0 Å². The van der Waals surface area contributed by atoms with Gasteiger partial charge in [0.25, 0.3) is 0 Å². The number of nitrogens with zero attached hydrogens (tertiary/aromatic N) is 4. The third-order valence-corrected chi connectivity index (χ3v) is 4.68. The molecular weight excluding hydrogens is 328 g/mol. The minimum absolute atomic E-state index is 0.00965. The number of nitriles is 1. The number of pyridine rings is 1. The Labute approximate surface area is 150 Å². The number of benzene rings is 1. The normalized spacial score (nSPS) is 13.0. The van der Waals surface area contributed by atoms with Crippen molar-refractivity contribution in [3.63, 3.8) is 0 Å². The predicted molar refractivity (Wildman–Crippen MR) is 95.3 cm³/mol. The zero-order valence-corrected chi connectivity index (χ0v) is 14.5. The Hall–Kier alpha value is -3.46. The second-order valence-corrected chi connectivity index (χ2v) is 6.34. The average Bonchev–Trinajstić information content (AvgIpc) is 3.14. The van der Waals surface area contributed by atoms with Crippen molar-refractivity contribution in [2.75, 3.05) is 4.90 Å². The van der Waals surface area contributed by atoms with Crippen molar-refractivity contribution >= 4 is 11.6 Å². The zero-order chi connectivity index (χ0) is 18.3. The van der Waals surface area contributed by atoms with Crippen molar-refractivity contribution in [2.24, 2.45) is 0 Å². The molecule has 0 spiro atoms. The van der Waals surface area contributed by atoms with Gasteiger partial charge in [0.15, 0.2) is 0 Å². The van der Waals surface area contributed by atoms with E-state index in [1.807, 2.05) is 38.1 Å². The summed E-state index contributed by atoms with van der Waals surface area (Å²) in [6, 6.07) is 11.5. The van der Waals surface area contributed by atoms with E-state index in [0.29, 0.717) is 12.1 Å². The molecule has 0 unspecified atom stereocenters. The summed E-state index contributed by atoms with van der Waals surface area (Å²) in [5, 5.41) is 13.1. The highest BCUT2D eigenvalue weighted by molar-refractivity contribution is 6.01. The van der Waals surface area contributed by atoms with Gasteiger partial charge in [-0.2, -0.15) is 5.26 Å². The Kier molecular flexibility index (Phi) is 3.77. The molecule has 0 radical (unpaired) electrons. The van der Waals surface area contributed by atoms with Crippen LogP contribution in [-0.4, -0.2) is 16.0 Å². The maximum atomic E-state index is 12.5. The molecule has 0 N–H and O–H groups in total. The first-order valence-corrected chi connectivity index (χ1v) is 8.28. The smallest absolute Gasteiger partial charge is 0.233 e. The summed E-state index contributed by atoms with van der Waals surface area (Å²) in [5.74, 6) is 0.727. The standard InChI is InChI=1S/C20H16N4O2/c1-12-17(13(2)26-23-12)11-24-19-7-16(10-22-18(19)8-20(24)25)15-5-3-4-14(6-15)9-21/h3-7,10H,8,11H2,1-2H3. The summed E-state index contributed by atoms with van der Waals surface area (Å²) in [5.41, 5.74) is 5.64. The summed E-state index contributed by atoms with van der Waals surface area (Å²) >= 11 is 0. The van der Waals surface area contributed by atoms with Crippen LogP contribution >= 0.6 is 0 Å². The summed E-state index contributed by atoms with van der Waals surface area (Å²) in [7, 11) is 0. The van der Waals surface area contributed by atoms with Crippen molar-refractivity contribution in [3.8, 4) is 17.2 Å². The molecular formula is C20H16N4O2. The molecule has 0 aliphatic carbocycles. The molecule has 6 nitrogen and oxygen atoms in total. The zero-order valence-electron chi connectivity index (χ0n) is 14.5. The van der Waals surface area contributed by atoms with E-state index in [2.05, 4.69) is 16.2 Å². The van der Waals surface area contributed by atoms with E-state index in [0.717, 1.165) is 39.5 Å². The molecule has 0 saturated carbocycles. The first kappa shape index (κ1) is 16.0. The molecule has 1 aliphatic rings. The van der Waals surface area contributed by atoms with Crippen LogP contribution in [0.25, 0.3) is 11.1 Å². The van der Waals surface area contributed by atoms with E-state index >= 15 is 0 Å². The molecule has 4 rings (SSSR count). The summed E-state index contributed by atoms with van der Waals surface area (Å²) < 4.78 is 5.21. The number of hydrogen-bond donors (Lipinski definition) is 0. The lowest BCUT2D eigenvalue weighted by Gasteiger charge is -2.17. The molecule has 3 aromatic rings. The lowest BCUT2D eigenvalue weighted by Crippen LogP contribution is -2.26. The van der Waals surface area contributed by atoms with Crippen molar-refractivity contribution in [3.05, 3.63) is 64.8 Å². The largest absolute Gasteiger partial charge is 0.361 e. The van der Waals surface area contributed by atoms with Crippen molar-refractivity contribution in [1.82, 2.24) is 10.1 Å². The van der Waals surface area contributed by atoms with Gasteiger partial charge < -0.3 is 9.42 Å². The van der Waals surface area contributed by atoms with Gasteiger partial charge in [-0.3, -0.25) is 9.78 Å². The quantitative estimate of drug-likeness (QED) is 0.728. The van der Waals surface area contributed by atoms with Crippen LogP contribution in [0, 0.1) is 25.2 Å². The Morgan fingerprint density at radius 1 is 1.27 bits per heavy atom. The first-order valence-electron chi connectivity index (χ1n) is 8.28. The van der Waals surface area contributed by atoms with Gasteiger partial charge in [0, 0.05) is 17.3 Å². The van der Waals surface area contributed by atoms with E-state index in [-0.39, 0.29) is 12.3 Å². The molecule has 0 atom stereocenters. The fraction of sp³-hybridized carbons (Fsp3) is 0.200. The highest BCUT2D eigenvalue weighted by atomic mass is 16.5. The lowest BCUT2D eigenvalue weighted by atomic mass is 10.0. The molecule has 0 bridgehead atoms. The molecule has 2 aromatic heterocycles. The topological polar surface area (TPSA) is 83.0 Å². The number of aryl methyl sites for hydroxylation is 2. The van der Waals surface area contributed by atoms with E-state index in [9.17, 15) is 4.79 Å². The average molecular weight is 344 g/mol. The predicted octanol–water partition coefficient (Wildman–Crippen LogP) is 3.31. The molecule has 0 saturated heterocycles. The Balaban J connectivity index is 1.74. The molecule has 0 fully saturated rings. The fourth-order valence-corrected chi connectivity index (χ4v) is 3.21. The Bertz CT molecular complexity index is 1040. The molecule has 6 heteroatoms.